The number of hydrogen-bond acceptors (Lipinski definition) is 0. The highest BCUT2D eigenvalue weighted by molar-refractivity contribution is 4.85. The molecule has 0 aromatic rings. The molecule has 0 nitrogen and oxygen atoms in total. The van der Waals surface area contributed by atoms with E-state index in [0.29, 0.717) is 0 Å². The van der Waals surface area contributed by atoms with E-state index >= 15 is 0 Å². The van der Waals surface area contributed by atoms with Crippen molar-refractivity contribution in [1.82, 2.24) is 0 Å². The number of allylic oxidation sites excluding steroid dienone is 2. The van der Waals surface area contributed by atoms with Crippen LogP contribution in [0.25, 0.3) is 0 Å². The first-order valence-electron chi connectivity index (χ1n) is 1.00. The zero-order valence-electron chi connectivity index (χ0n) is 2.31. The second-order valence-corrected chi connectivity index (χ2v) is 0.385. The lowest BCUT2D eigenvalue weighted by Crippen LogP contribution is -1.28. The summed E-state index contributed by atoms with van der Waals surface area (Å²) in [4.78, 5) is 0. The summed E-state index contributed by atoms with van der Waals surface area (Å²) < 4.78 is 0. The molecule has 20 valence electrons. The fourth-order valence-corrected chi connectivity index (χ4v) is 0. The smallest absolute Gasteiger partial charge is 0.00957 e. The summed E-state index contributed by atoms with van der Waals surface area (Å²) in [6, 6.07) is 0. The molecular weight excluding hydrogens is 48.0 g/mol. The van der Waals surface area contributed by atoms with Gasteiger partial charge in [-0.05, 0) is 13.8 Å². The van der Waals surface area contributed by atoms with Crippen LogP contribution in [0.15, 0.2) is 12.2 Å². The van der Waals surface area contributed by atoms with Crippen LogP contribution >= 0.6 is 0 Å². The van der Waals surface area contributed by atoms with Crippen LogP contribution in [0.5, 0.6) is 0 Å². The molecule has 0 aliphatic rings. The quantitative estimate of drug-likeness (QED) is 0.385. The summed E-state index contributed by atoms with van der Waals surface area (Å²) in [5, 5.41) is 0. The number of hydrogen-bond donors (Lipinski definition) is 0. The van der Waals surface area contributed by atoms with Gasteiger partial charge in [0.1, 0.15) is 0 Å². The normalized spacial score (nSPS) is 9.50. The summed E-state index contributed by atoms with van der Waals surface area (Å²) >= 11 is 0. The SMILES string of the molecule is [CH]/C=C/[CH]. The summed E-state index contributed by atoms with van der Waals surface area (Å²) in [6.07, 6.45) is 2.56. The predicted molar refractivity (Wildman–Crippen MR) is 17.7 cm³/mol. The molecule has 0 heterocycles. The summed E-state index contributed by atoms with van der Waals surface area (Å²) in [7, 11) is 0. The Morgan fingerprint density at radius 2 is 1.25 bits per heavy atom. The molecule has 0 unspecified atom stereocenters. The Balaban J connectivity index is 2.55. The predicted octanol–water partition coefficient (Wildman–Crippen LogP) is 0.965. The van der Waals surface area contributed by atoms with Crippen LogP contribution in [-0.4, -0.2) is 0 Å². The molecule has 0 saturated carbocycles. The van der Waals surface area contributed by atoms with Crippen LogP contribution in [0.4, 0.5) is 0 Å². The van der Waals surface area contributed by atoms with Crippen molar-refractivity contribution in [2.75, 3.05) is 0 Å². The lowest BCUT2D eigenvalue weighted by molar-refractivity contribution is 2.00. The monoisotopic (exact) mass is 52.0 g/mol. The van der Waals surface area contributed by atoms with Crippen molar-refractivity contribution in [3.8, 4) is 0 Å². The van der Waals surface area contributed by atoms with Crippen LogP contribution in [-0.2, 0) is 0 Å². The molecule has 0 aromatic carbocycles. The lowest BCUT2D eigenvalue weighted by atomic mass is 10.6. The van der Waals surface area contributed by atoms with Crippen molar-refractivity contribution in [1.29, 1.82) is 0 Å². The van der Waals surface area contributed by atoms with Crippen molar-refractivity contribution < 1.29 is 0 Å². The van der Waals surface area contributed by atoms with E-state index in [-0.39, 0.29) is 0 Å². The van der Waals surface area contributed by atoms with Crippen molar-refractivity contribution in [3.63, 3.8) is 0 Å². The van der Waals surface area contributed by atoms with E-state index < -0.39 is 0 Å². The molecule has 0 bridgehead atoms. The fourth-order valence-electron chi connectivity index (χ4n) is 0. The van der Waals surface area contributed by atoms with Crippen LogP contribution in [0.1, 0.15) is 0 Å². The Morgan fingerprint density at radius 3 is 1.25 bits per heavy atom. The maximum Gasteiger partial charge on any atom is -0.00957 e. The summed E-state index contributed by atoms with van der Waals surface area (Å²) in [5.74, 6) is 0. The van der Waals surface area contributed by atoms with E-state index in [4.69, 9.17) is 13.8 Å². The van der Waals surface area contributed by atoms with Gasteiger partial charge >= 0.3 is 0 Å². The van der Waals surface area contributed by atoms with Gasteiger partial charge in [0.15, 0.2) is 0 Å². The van der Waals surface area contributed by atoms with Crippen LogP contribution < -0.4 is 0 Å². The minimum atomic E-state index is 1.28. The van der Waals surface area contributed by atoms with Crippen LogP contribution in [0.2, 0.25) is 0 Å². The standard InChI is InChI=1S/C4H4/c1-3-4-2/h1-4H/b4-3+. The molecule has 0 atom stereocenters. The Hall–Kier alpha value is -0.260. The van der Waals surface area contributed by atoms with Gasteiger partial charge in [-0.15, -0.1) is 0 Å². The number of rotatable bonds is 0. The largest absolute Gasteiger partial charge is 0.0839 e. The molecule has 0 aliphatic carbocycles. The van der Waals surface area contributed by atoms with Gasteiger partial charge in [0.25, 0.3) is 0 Å². The first-order chi connectivity index (χ1) is 1.91. The molecule has 0 aliphatic heterocycles. The Bertz CT molecular complexity index is 15.2. The third kappa shape index (κ3) is 1.74. The molecular formula is C4H4. The second-order valence-electron chi connectivity index (χ2n) is 0.385. The van der Waals surface area contributed by atoms with Crippen molar-refractivity contribution in [3.05, 3.63) is 26.0 Å². The minimum Gasteiger partial charge on any atom is -0.0839 e. The minimum absolute atomic E-state index is 1.28. The van der Waals surface area contributed by atoms with Gasteiger partial charge in [-0.1, -0.05) is 12.2 Å². The van der Waals surface area contributed by atoms with Gasteiger partial charge in [-0.3, -0.25) is 0 Å². The van der Waals surface area contributed by atoms with E-state index in [1.807, 2.05) is 0 Å². The van der Waals surface area contributed by atoms with Gasteiger partial charge < -0.3 is 0 Å². The molecule has 0 saturated heterocycles. The molecule has 4 heavy (non-hydrogen) atoms. The van der Waals surface area contributed by atoms with E-state index in [0.717, 1.165) is 0 Å². The van der Waals surface area contributed by atoms with Crippen molar-refractivity contribution >= 4 is 0 Å². The van der Waals surface area contributed by atoms with Crippen LogP contribution in [0, 0.1) is 13.8 Å². The maximum absolute atomic E-state index is 4.72. The molecule has 4 radical (unpaired) electrons. The van der Waals surface area contributed by atoms with Gasteiger partial charge in [0.2, 0.25) is 0 Å². The fraction of sp³-hybridized carbons (Fsp3) is 0. The Morgan fingerprint density at radius 1 is 1.00 bits per heavy atom. The van der Waals surface area contributed by atoms with Gasteiger partial charge in [-0.25, -0.2) is 0 Å². The van der Waals surface area contributed by atoms with Crippen molar-refractivity contribution in [2.45, 2.75) is 0 Å². The maximum atomic E-state index is 4.72. The average molecular weight is 52.1 g/mol. The summed E-state index contributed by atoms with van der Waals surface area (Å²) in [5.41, 5.74) is 0. The van der Waals surface area contributed by atoms with E-state index in [1.54, 1.807) is 0 Å². The zero-order valence-corrected chi connectivity index (χ0v) is 2.31. The Kier molecular flexibility index (Phi) is 2.56. The zero-order chi connectivity index (χ0) is 3.41. The van der Waals surface area contributed by atoms with Gasteiger partial charge in [0.05, 0.1) is 0 Å². The third-order valence-electron chi connectivity index (χ3n) is 0.111. The first-order valence-corrected chi connectivity index (χ1v) is 1.00. The highest BCUT2D eigenvalue weighted by atomic mass is 13.4. The first kappa shape index (κ1) is 3.74. The topological polar surface area (TPSA) is 0 Å². The van der Waals surface area contributed by atoms with E-state index in [2.05, 4.69) is 0 Å². The molecule has 0 heteroatoms. The lowest BCUT2D eigenvalue weighted by Gasteiger charge is -1.47. The molecule has 0 aromatic heterocycles. The van der Waals surface area contributed by atoms with Crippen LogP contribution in [0.3, 0.4) is 0 Å². The van der Waals surface area contributed by atoms with Gasteiger partial charge in [-0.2, -0.15) is 0 Å². The highest BCUT2D eigenvalue weighted by Gasteiger charge is 1.36. The third-order valence-corrected chi connectivity index (χ3v) is 0.111. The Labute approximate surface area is 27.1 Å². The summed E-state index contributed by atoms with van der Waals surface area (Å²) in [6.45, 7) is 9.44. The van der Waals surface area contributed by atoms with E-state index in [9.17, 15) is 0 Å². The van der Waals surface area contributed by atoms with E-state index in [1.165, 1.54) is 12.2 Å². The molecule has 0 amide bonds. The average Bonchev–Trinajstić information content (AvgIpc) is 1.37. The second kappa shape index (κ2) is 2.74. The molecule has 0 rings (SSSR count). The van der Waals surface area contributed by atoms with Crippen molar-refractivity contribution in [2.24, 2.45) is 0 Å². The molecule has 0 fully saturated rings. The molecule has 0 spiro atoms. The highest BCUT2D eigenvalue weighted by Crippen LogP contribution is 1.55. The molecule has 0 N–H and O–H groups in total. The van der Waals surface area contributed by atoms with Gasteiger partial charge in [0, 0.05) is 0 Å².